The molecule has 1 amide bonds. The van der Waals surface area contributed by atoms with Gasteiger partial charge in [-0.3, -0.25) is 9.78 Å². The van der Waals surface area contributed by atoms with Crippen molar-refractivity contribution in [3.8, 4) is 0 Å². The van der Waals surface area contributed by atoms with Crippen LogP contribution in [-0.4, -0.2) is 52.9 Å². The van der Waals surface area contributed by atoms with E-state index in [1.807, 2.05) is 41.3 Å². The number of amides is 1. The molecule has 1 aromatic heterocycles. The Morgan fingerprint density at radius 3 is 2.43 bits per heavy atom. The number of aromatic nitrogens is 1. The number of carbonyl (C=O) groups excluding carboxylic acids is 1. The highest BCUT2D eigenvalue weighted by Crippen LogP contribution is 2.49. The predicted octanol–water partition coefficient (Wildman–Crippen LogP) is 2.71. The van der Waals surface area contributed by atoms with Crippen LogP contribution >= 0.6 is 0 Å². The van der Waals surface area contributed by atoms with Crippen LogP contribution < -0.4 is 0 Å². The molecule has 1 aliphatic carbocycles. The first kappa shape index (κ1) is 19.7. The van der Waals surface area contributed by atoms with Gasteiger partial charge in [-0.15, -0.1) is 0 Å². The molecule has 2 aromatic rings. The summed E-state index contributed by atoms with van der Waals surface area (Å²) in [5.41, 5.74) is 1.68. The van der Waals surface area contributed by atoms with Crippen molar-refractivity contribution in [1.29, 1.82) is 0 Å². The summed E-state index contributed by atoms with van der Waals surface area (Å²) in [5, 5.41) is -0.257. The third kappa shape index (κ3) is 3.34. The highest BCUT2D eigenvalue weighted by Gasteiger charge is 2.56. The number of fused-ring (bicyclic) bond motifs is 1. The van der Waals surface area contributed by atoms with Crippen LogP contribution in [0, 0.1) is 0 Å². The van der Waals surface area contributed by atoms with E-state index in [0.717, 1.165) is 36.9 Å². The average molecular weight is 426 g/mol. The van der Waals surface area contributed by atoms with Crippen LogP contribution in [0.4, 0.5) is 0 Å². The van der Waals surface area contributed by atoms with Gasteiger partial charge >= 0.3 is 0 Å². The Labute approximate surface area is 178 Å². The Kier molecular flexibility index (Phi) is 4.90. The molecule has 6 nitrogen and oxygen atoms in total. The smallest absolute Gasteiger partial charge is 0.224 e. The summed E-state index contributed by atoms with van der Waals surface area (Å²) in [6.45, 7) is 1.58. The van der Waals surface area contributed by atoms with Gasteiger partial charge in [0.25, 0.3) is 0 Å². The molecular formula is C23H27N3O3S. The Balaban J connectivity index is 1.50. The minimum absolute atomic E-state index is 0.0151. The number of carbonyl (C=O) groups is 1. The molecule has 2 aliphatic heterocycles. The second-order valence-electron chi connectivity index (χ2n) is 8.73. The Morgan fingerprint density at radius 1 is 1.00 bits per heavy atom. The number of hydrogen-bond acceptors (Lipinski definition) is 4. The van der Waals surface area contributed by atoms with Crippen LogP contribution in [-0.2, 0) is 26.8 Å². The van der Waals surface area contributed by atoms with Gasteiger partial charge in [-0.2, -0.15) is 4.31 Å². The highest BCUT2D eigenvalue weighted by atomic mass is 32.2. The lowest BCUT2D eigenvalue weighted by Crippen LogP contribution is -2.46. The number of rotatable bonds is 5. The number of hydrogen-bond donors (Lipinski definition) is 0. The van der Waals surface area contributed by atoms with Crippen molar-refractivity contribution in [2.45, 2.75) is 55.4 Å². The van der Waals surface area contributed by atoms with Crippen molar-refractivity contribution in [1.82, 2.24) is 14.2 Å². The van der Waals surface area contributed by atoms with Gasteiger partial charge in [-0.25, -0.2) is 8.42 Å². The fourth-order valence-electron chi connectivity index (χ4n) is 5.22. The maximum Gasteiger partial charge on any atom is 0.224 e. The van der Waals surface area contributed by atoms with Gasteiger partial charge < -0.3 is 4.90 Å². The SMILES string of the molecule is O=C1CC2N(S(=O)(=O)C3CC3)CCC2(c2ccccc2)CCN1Cc1ccccn1. The topological polar surface area (TPSA) is 70.6 Å². The zero-order valence-electron chi connectivity index (χ0n) is 17.0. The molecule has 2 atom stereocenters. The zero-order valence-corrected chi connectivity index (χ0v) is 17.8. The second kappa shape index (κ2) is 7.46. The zero-order chi connectivity index (χ0) is 20.8. The number of likely N-dealkylation sites (tertiary alicyclic amines) is 1. The predicted molar refractivity (Wildman–Crippen MR) is 114 cm³/mol. The van der Waals surface area contributed by atoms with E-state index >= 15 is 0 Å². The van der Waals surface area contributed by atoms with Crippen molar-refractivity contribution in [3.63, 3.8) is 0 Å². The summed E-state index contributed by atoms with van der Waals surface area (Å²) in [4.78, 5) is 19.5. The molecule has 3 aliphatic rings. The largest absolute Gasteiger partial charge is 0.337 e. The Morgan fingerprint density at radius 2 is 1.73 bits per heavy atom. The molecule has 2 saturated heterocycles. The molecule has 0 N–H and O–H groups in total. The molecule has 30 heavy (non-hydrogen) atoms. The van der Waals surface area contributed by atoms with Gasteiger partial charge in [0.2, 0.25) is 15.9 Å². The first-order valence-electron chi connectivity index (χ1n) is 10.7. The molecule has 0 spiro atoms. The molecule has 2 unspecified atom stereocenters. The van der Waals surface area contributed by atoms with E-state index in [4.69, 9.17) is 0 Å². The quantitative estimate of drug-likeness (QED) is 0.739. The summed E-state index contributed by atoms with van der Waals surface area (Å²) >= 11 is 0. The van der Waals surface area contributed by atoms with Gasteiger partial charge in [0.05, 0.1) is 17.5 Å². The number of benzene rings is 1. The van der Waals surface area contributed by atoms with Crippen molar-refractivity contribution in [2.75, 3.05) is 13.1 Å². The van der Waals surface area contributed by atoms with E-state index in [1.165, 1.54) is 0 Å². The minimum atomic E-state index is -3.35. The van der Waals surface area contributed by atoms with Crippen LogP contribution in [0.5, 0.6) is 0 Å². The Bertz CT molecular complexity index is 1020. The van der Waals surface area contributed by atoms with Crippen molar-refractivity contribution in [3.05, 3.63) is 66.0 Å². The Hall–Kier alpha value is -2.25. The van der Waals surface area contributed by atoms with Crippen LogP contribution in [0.25, 0.3) is 0 Å². The third-order valence-corrected chi connectivity index (χ3v) is 9.42. The standard InChI is InChI=1S/C23H27N3O3S/c27-22-16-21-23(18-6-2-1-3-7-18,12-15-26(21)30(28,29)20-9-10-20)11-14-25(22)17-19-8-4-5-13-24-19/h1-8,13,20-21H,9-12,14-17H2. The molecule has 1 aromatic carbocycles. The van der Waals surface area contributed by atoms with Crippen LogP contribution in [0.2, 0.25) is 0 Å². The van der Waals surface area contributed by atoms with Crippen molar-refractivity contribution < 1.29 is 13.2 Å². The van der Waals surface area contributed by atoms with E-state index in [1.54, 1.807) is 10.5 Å². The van der Waals surface area contributed by atoms with E-state index in [0.29, 0.717) is 19.6 Å². The van der Waals surface area contributed by atoms with Gasteiger partial charge in [-0.05, 0) is 43.4 Å². The van der Waals surface area contributed by atoms with Crippen LogP contribution in [0.3, 0.4) is 0 Å². The van der Waals surface area contributed by atoms with E-state index in [9.17, 15) is 13.2 Å². The van der Waals surface area contributed by atoms with Crippen molar-refractivity contribution in [2.24, 2.45) is 0 Å². The fourth-order valence-corrected chi connectivity index (χ4v) is 7.31. The van der Waals surface area contributed by atoms with Gasteiger partial charge in [0, 0.05) is 37.2 Å². The maximum atomic E-state index is 13.3. The summed E-state index contributed by atoms with van der Waals surface area (Å²) in [6.07, 6.45) is 4.97. The molecule has 1 saturated carbocycles. The molecule has 0 bridgehead atoms. The molecule has 7 heteroatoms. The third-order valence-electron chi connectivity index (χ3n) is 7.01. The van der Waals surface area contributed by atoms with Crippen LogP contribution in [0.1, 0.15) is 43.4 Å². The van der Waals surface area contributed by atoms with Crippen molar-refractivity contribution >= 4 is 15.9 Å². The normalized spacial score (nSPS) is 27.7. The lowest BCUT2D eigenvalue weighted by atomic mass is 9.71. The van der Waals surface area contributed by atoms with Crippen LogP contribution in [0.15, 0.2) is 54.7 Å². The van der Waals surface area contributed by atoms with E-state index in [-0.39, 0.29) is 29.0 Å². The molecule has 158 valence electrons. The van der Waals surface area contributed by atoms with E-state index < -0.39 is 10.0 Å². The van der Waals surface area contributed by atoms with Gasteiger partial charge in [0.15, 0.2) is 0 Å². The summed E-state index contributed by atoms with van der Waals surface area (Å²) in [5.74, 6) is 0.0151. The van der Waals surface area contributed by atoms with Gasteiger partial charge in [0.1, 0.15) is 0 Å². The molecule has 5 rings (SSSR count). The summed E-state index contributed by atoms with van der Waals surface area (Å²) in [6, 6.07) is 15.6. The molecular weight excluding hydrogens is 398 g/mol. The second-order valence-corrected chi connectivity index (χ2v) is 10.9. The van der Waals surface area contributed by atoms with E-state index in [2.05, 4.69) is 17.1 Å². The lowest BCUT2D eigenvalue weighted by Gasteiger charge is -2.36. The molecule has 0 radical (unpaired) electrons. The highest BCUT2D eigenvalue weighted by molar-refractivity contribution is 7.90. The lowest BCUT2D eigenvalue weighted by molar-refractivity contribution is -0.131. The van der Waals surface area contributed by atoms with Gasteiger partial charge in [-0.1, -0.05) is 36.4 Å². The maximum absolute atomic E-state index is 13.3. The molecule has 3 heterocycles. The monoisotopic (exact) mass is 425 g/mol. The fraction of sp³-hybridized carbons (Fsp3) is 0.478. The number of nitrogens with zero attached hydrogens (tertiary/aromatic N) is 3. The summed E-state index contributed by atoms with van der Waals surface area (Å²) in [7, 11) is -3.35. The number of pyridine rings is 1. The number of sulfonamides is 1. The first-order valence-corrected chi connectivity index (χ1v) is 12.2. The minimum Gasteiger partial charge on any atom is -0.337 e. The summed E-state index contributed by atoms with van der Waals surface area (Å²) < 4.78 is 28.1. The average Bonchev–Trinajstić information content (AvgIpc) is 3.57. The molecule has 3 fully saturated rings. The first-order chi connectivity index (χ1) is 14.5.